The lowest BCUT2D eigenvalue weighted by Crippen LogP contribution is -2.60. The number of carbonyl (C=O) groups is 1. The molecule has 212 valence electrons. The van der Waals surface area contributed by atoms with Gasteiger partial charge in [-0.1, -0.05) is 11.3 Å². The average Bonchev–Trinajstić information content (AvgIpc) is 3.56. The number of thiazole rings is 1. The Morgan fingerprint density at radius 2 is 1.88 bits per heavy atom. The number of hydrogen-bond donors (Lipinski definition) is 1. The summed E-state index contributed by atoms with van der Waals surface area (Å²) in [5.74, 6) is 0.464. The molecule has 3 aromatic heterocycles. The van der Waals surface area contributed by atoms with Crippen LogP contribution in [0.5, 0.6) is 0 Å². The molecule has 2 saturated heterocycles. The van der Waals surface area contributed by atoms with Crippen molar-refractivity contribution in [3.63, 3.8) is 0 Å². The van der Waals surface area contributed by atoms with Crippen molar-refractivity contribution in [3.8, 4) is 17.3 Å². The normalized spacial score (nSPS) is 15.8. The van der Waals surface area contributed by atoms with Gasteiger partial charge in [0.1, 0.15) is 28.3 Å². The fraction of sp³-hybridized carbons (Fsp3) is 0.393. The Morgan fingerprint density at radius 1 is 1.17 bits per heavy atom. The van der Waals surface area contributed by atoms with Gasteiger partial charge in [0.2, 0.25) is 0 Å². The minimum absolute atomic E-state index is 0.0198. The van der Waals surface area contributed by atoms with Crippen LogP contribution in [0, 0.1) is 24.1 Å². The van der Waals surface area contributed by atoms with Crippen molar-refractivity contribution in [1.82, 2.24) is 29.5 Å². The number of β-amino-alcohol motifs (C(OH)–C–C–N with tert-alkyl or cyclic N) is 1. The summed E-state index contributed by atoms with van der Waals surface area (Å²) in [6, 6.07) is 10.3. The van der Waals surface area contributed by atoms with Crippen LogP contribution in [-0.2, 0) is 6.54 Å². The summed E-state index contributed by atoms with van der Waals surface area (Å²) < 4.78 is 15.4. The number of aromatic nitrogens is 4. The number of nitrogens with zero attached hydrogens (tertiary/aromatic N) is 9. The zero-order valence-corrected chi connectivity index (χ0v) is 23.9. The summed E-state index contributed by atoms with van der Waals surface area (Å²) in [6.07, 6.45) is -0.414. The molecule has 0 atom stereocenters. The molecular weight excluding hydrogens is 545 g/mol. The van der Waals surface area contributed by atoms with Crippen molar-refractivity contribution in [2.45, 2.75) is 26.5 Å². The number of aryl methyl sites for hydroxylation is 2. The van der Waals surface area contributed by atoms with Crippen LogP contribution in [0.2, 0.25) is 0 Å². The predicted molar refractivity (Wildman–Crippen MR) is 155 cm³/mol. The average molecular weight is 576 g/mol. The van der Waals surface area contributed by atoms with Gasteiger partial charge >= 0.3 is 6.03 Å². The van der Waals surface area contributed by atoms with Crippen molar-refractivity contribution in [2.75, 3.05) is 56.1 Å². The number of likely N-dealkylation sites (tertiary alicyclic amines) is 1. The number of fused-ring (bicyclic) bond motifs is 1. The molecule has 0 unspecified atom stereocenters. The van der Waals surface area contributed by atoms with Crippen LogP contribution in [0.4, 0.5) is 25.8 Å². The summed E-state index contributed by atoms with van der Waals surface area (Å²) in [7, 11) is 1.90. The first-order valence-electron chi connectivity index (χ1n) is 13.5. The van der Waals surface area contributed by atoms with E-state index >= 15 is 0 Å². The van der Waals surface area contributed by atoms with Crippen LogP contribution in [0.25, 0.3) is 22.3 Å². The highest BCUT2D eigenvalue weighted by atomic mass is 32.1. The van der Waals surface area contributed by atoms with Gasteiger partial charge in [-0.3, -0.25) is 0 Å². The number of carbonyl (C=O) groups excluding carboxylic acids is 1. The lowest BCUT2D eigenvalue weighted by atomic mass is 10.1. The molecule has 11 nitrogen and oxygen atoms in total. The second-order valence-electron chi connectivity index (χ2n) is 10.3. The van der Waals surface area contributed by atoms with Crippen LogP contribution in [0.15, 0.2) is 30.3 Å². The summed E-state index contributed by atoms with van der Waals surface area (Å²) in [4.78, 5) is 30.5. The summed E-state index contributed by atoms with van der Waals surface area (Å²) in [5, 5.41) is 25.6. The molecule has 0 saturated carbocycles. The first-order valence-corrected chi connectivity index (χ1v) is 14.3. The number of pyridine rings is 1. The number of piperazine rings is 1. The van der Waals surface area contributed by atoms with Gasteiger partial charge in [0.05, 0.1) is 36.0 Å². The molecule has 41 heavy (non-hydrogen) atoms. The van der Waals surface area contributed by atoms with Crippen LogP contribution in [0.1, 0.15) is 17.5 Å². The second-order valence-corrected chi connectivity index (χ2v) is 11.2. The molecular formula is C28H30FN9O2S. The van der Waals surface area contributed by atoms with Gasteiger partial charge in [0, 0.05) is 45.3 Å². The summed E-state index contributed by atoms with van der Waals surface area (Å²) in [6.45, 7) is 7.90. The molecule has 0 radical (unpaired) electrons. The van der Waals surface area contributed by atoms with E-state index in [-0.39, 0.29) is 11.8 Å². The van der Waals surface area contributed by atoms with Gasteiger partial charge in [-0.05, 0) is 44.2 Å². The highest BCUT2D eigenvalue weighted by molar-refractivity contribution is 7.16. The quantitative estimate of drug-likeness (QED) is 0.384. The first-order chi connectivity index (χ1) is 19.8. The topological polar surface area (TPSA) is 118 Å². The maximum Gasteiger partial charge on any atom is 0.320 e. The Kier molecular flexibility index (Phi) is 6.96. The Morgan fingerprint density at radius 3 is 2.51 bits per heavy atom. The number of amides is 2. The van der Waals surface area contributed by atoms with E-state index in [1.54, 1.807) is 17.0 Å². The van der Waals surface area contributed by atoms with Crippen molar-refractivity contribution in [2.24, 2.45) is 0 Å². The van der Waals surface area contributed by atoms with Crippen molar-refractivity contribution < 1.29 is 14.3 Å². The summed E-state index contributed by atoms with van der Waals surface area (Å²) >= 11 is 1.27. The minimum atomic E-state index is -0.414. The molecule has 2 fully saturated rings. The molecule has 2 amide bonds. The lowest BCUT2D eigenvalue weighted by molar-refractivity contribution is 0.0145. The van der Waals surface area contributed by atoms with Gasteiger partial charge in [0.25, 0.3) is 0 Å². The predicted octanol–water partition coefficient (Wildman–Crippen LogP) is 3.58. The van der Waals surface area contributed by atoms with E-state index < -0.39 is 6.10 Å². The highest BCUT2D eigenvalue weighted by Gasteiger charge is 2.33. The van der Waals surface area contributed by atoms with E-state index in [9.17, 15) is 19.6 Å². The van der Waals surface area contributed by atoms with Crippen LogP contribution >= 0.6 is 11.3 Å². The van der Waals surface area contributed by atoms with Gasteiger partial charge in [-0.25, -0.2) is 23.8 Å². The van der Waals surface area contributed by atoms with E-state index in [1.807, 2.05) is 35.4 Å². The Balaban J connectivity index is 1.30. The zero-order chi connectivity index (χ0) is 28.8. The Bertz CT molecular complexity index is 1650. The fourth-order valence-corrected chi connectivity index (χ4v) is 6.24. The zero-order valence-electron chi connectivity index (χ0n) is 23.1. The van der Waals surface area contributed by atoms with Crippen molar-refractivity contribution >= 4 is 45.0 Å². The van der Waals surface area contributed by atoms with Crippen molar-refractivity contribution in [3.05, 3.63) is 46.7 Å². The van der Waals surface area contributed by atoms with Gasteiger partial charge in [-0.15, -0.1) is 0 Å². The van der Waals surface area contributed by atoms with E-state index in [0.717, 1.165) is 22.6 Å². The van der Waals surface area contributed by atoms with Crippen molar-refractivity contribution in [1.29, 1.82) is 5.26 Å². The maximum absolute atomic E-state index is 13.5. The van der Waals surface area contributed by atoms with Crippen LogP contribution in [0.3, 0.4) is 0 Å². The number of anilines is 3. The SMILES string of the molecule is CCn1nc2nc(C)c(N3CCN(C(=O)N4CC(O)C4)CC3)cc2c1N(C)c1nc(-c2ccc(F)cc2)c(C#N)s1. The number of benzene rings is 1. The highest BCUT2D eigenvalue weighted by Crippen LogP contribution is 2.39. The fourth-order valence-electron chi connectivity index (χ4n) is 5.39. The summed E-state index contributed by atoms with van der Waals surface area (Å²) in [5.41, 5.74) is 3.66. The number of aliphatic hydroxyl groups excluding tert-OH is 1. The number of urea groups is 1. The third-order valence-electron chi connectivity index (χ3n) is 7.63. The molecule has 2 aliphatic rings. The molecule has 0 spiro atoms. The molecule has 0 bridgehead atoms. The smallest absolute Gasteiger partial charge is 0.320 e. The Hall–Kier alpha value is -4.28. The molecule has 1 N–H and O–H groups in total. The van der Waals surface area contributed by atoms with Gasteiger partial charge in [0.15, 0.2) is 10.8 Å². The molecule has 5 heterocycles. The number of halogens is 1. The minimum Gasteiger partial charge on any atom is -0.389 e. The maximum atomic E-state index is 13.5. The van der Waals surface area contributed by atoms with E-state index in [1.165, 1.54) is 23.5 Å². The number of aliphatic hydroxyl groups is 1. The Labute approximate surface area is 240 Å². The monoisotopic (exact) mass is 575 g/mol. The first kappa shape index (κ1) is 26.9. The standard InChI is InChI=1S/C28H30FN9O2S/c1-4-38-26(34(3)27-32-24(23(14-30)41-27)18-5-7-19(29)8-6-18)21-13-22(17(2)31-25(21)33-38)35-9-11-36(12-10-35)28(40)37-15-20(39)16-37/h5-8,13,20,39H,4,9-12,15-16H2,1-3H3. The largest absolute Gasteiger partial charge is 0.389 e. The van der Waals surface area contributed by atoms with E-state index in [4.69, 9.17) is 15.1 Å². The van der Waals surface area contributed by atoms with Crippen LogP contribution < -0.4 is 9.80 Å². The molecule has 1 aromatic carbocycles. The van der Waals surface area contributed by atoms with Gasteiger partial charge < -0.3 is 24.7 Å². The van der Waals surface area contributed by atoms with Gasteiger partial charge in [-0.2, -0.15) is 10.4 Å². The lowest BCUT2D eigenvalue weighted by Gasteiger charge is -2.42. The second kappa shape index (κ2) is 10.6. The van der Waals surface area contributed by atoms with E-state index in [2.05, 4.69) is 17.0 Å². The van der Waals surface area contributed by atoms with Crippen LogP contribution in [-0.4, -0.2) is 93.1 Å². The van der Waals surface area contributed by atoms with E-state index in [0.29, 0.717) is 72.7 Å². The molecule has 4 aromatic rings. The molecule has 6 rings (SSSR count). The molecule has 2 aliphatic heterocycles. The number of hydrogen-bond acceptors (Lipinski definition) is 9. The number of rotatable bonds is 5. The molecule has 13 heteroatoms. The third-order valence-corrected chi connectivity index (χ3v) is 8.67. The molecule has 0 aliphatic carbocycles. The number of nitriles is 1. The third kappa shape index (κ3) is 4.83.